The zero-order chi connectivity index (χ0) is 17.2. The van der Waals surface area contributed by atoms with E-state index < -0.39 is 0 Å². The number of nitrogens with zero attached hydrogens (tertiary/aromatic N) is 3. The van der Waals surface area contributed by atoms with Gasteiger partial charge in [0.15, 0.2) is 0 Å². The molecule has 5 heteroatoms. The molecule has 126 valence electrons. The van der Waals surface area contributed by atoms with Gasteiger partial charge in [-0.1, -0.05) is 54.5 Å². The Hall–Kier alpha value is -2.95. The molecule has 0 atom stereocenters. The summed E-state index contributed by atoms with van der Waals surface area (Å²) in [6, 6.07) is 15.9. The summed E-state index contributed by atoms with van der Waals surface area (Å²) >= 11 is 0. The van der Waals surface area contributed by atoms with Crippen LogP contribution in [0.25, 0.3) is 11.4 Å². The molecule has 0 saturated heterocycles. The molecule has 1 aliphatic heterocycles. The molecule has 1 amide bonds. The first-order chi connectivity index (χ1) is 12.2. The minimum atomic E-state index is 0.115. The summed E-state index contributed by atoms with van der Waals surface area (Å²) in [5.41, 5.74) is 4.05. The highest BCUT2D eigenvalue weighted by Crippen LogP contribution is 2.32. The Labute approximate surface area is 146 Å². The van der Waals surface area contributed by atoms with Crippen LogP contribution in [-0.2, 0) is 24.1 Å². The van der Waals surface area contributed by atoms with Gasteiger partial charge in [-0.25, -0.2) is 0 Å². The number of carbonyl (C=O) groups excluding carboxylic acids is 1. The van der Waals surface area contributed by atoms with Crippen molar-refractivity contribution in [2.45, 2.75) is 26.2 Å². The quantitative estimate of drug-likeness (QED) is 0.734. The van der Waals surface area contributed by atoms with Crippen LogP contribution < -0.4 is 4.90 Å². The molecule has 2 heterocycles. The fraction of sp³-hybridized carbons (Fsp3) is 0.250. The Kier molecular flexibility index (Phi) is 4.06. The van der Waals surface area contributed by atoms with Crippen molar-refractivity contribution in [3.8, 4) is 11.4 Å². The van der Waals surface area contributed by atoms with Gasteiger partial charge in [0.05, 0.1) is 6.42 Å². The molecule has 0 bridgehead atoms. The lowest BCUT2D eigenvalue weighted by Crippen LogP contribution is -2.30. The standard InChI is InChI=1S/C20H19N3O2/c1-2-18-21-20(22-25-18)16-9-8-15-10-11-23(17(15)13-16)19(24)12-14-6-4-3-5-7-14/h3-9,13H,2,10-12H2,1H3. The number of aromatic nitrogens is 2. The molecule has 0 aliphatic carbocycles. The zero-order valence-electron chi connectivity index (χ0n) is 14.1. The van der Waals surface area contributed by atoms with Crippen LogP contribution in [0, 0.1) is 0 Å². The summed E-state index contributed by atoms with van der Waals surface area (Å²) in [5, 5.41) is 4.03. The van der Waals surface area contributed by atoms with E-state index in [4.69, 9.17) is 4.52 Å². The van der Waals surface area contributed by atoms with Crippen molar-refractivity contribution in [2.24, 2.45) is 0 Å². The van der Waals surface area contributed by atoms with Crippen molar-refractivity contribution in [1.29, 1.82) is 0 Å². The number of anilines is 1. The molecule has 4 rings (SSSR count). The number of aryl methyl sites for hydroxylation is 1. The Morgan fingerprint density at radius 3 is 2.80 bits per heavy atom. The van der Waals surface area contributed by atoms with Gasteiger partial charge in [-0.2, -0.15) is 4.98 Å². The Morgan fingerprint density at radius 1 is 1.20 bits per heavy atom. The van der Waals surface area contributed by atoms with Gasteiger partial charge in [0.1, 0.15) is 0 Å². The molecule has 0 unspecified atom stereocenters. The molecule has 0 fully saturated rings. The second-order valence-electron chi connectivity index (χ2n) is 6.17. The fourth-order valence-electron chi connectivity index (χ4n) is 3.16. The van der Waals surface area contributed by atoms with Crippen LogP contribution in [0.2, 0.25) is 0 Å². The van der Waals surface area contributed by atoms with Crippen LogP contribution in [0.4, 0.5) is 5.69 Å². The Balaban J connectivity index is 1.60. The lowest BCUT2D eigenvalue weighted by Gasteiger charge is -2.18. The van der Waals surface area contributed by atoms with E-state index in [9.17, 15) is 4.79 Å². The summed E-state index contributed by atoms with van der Waals surface area (Å²) in [4.78, 5) is 19.0. The van der Waals surface area contributed by atoms with Crippen LogP contribution in [0.1, 0.15) is 23.9 Å². The summed E-state index contributed by atoms with van der Waals surface area (Å²) in [6.07, 6.45) is 1.99. The van der Waals surface area contributed by atoms with E-state index in [2.05, 4.69) is 16.2 Å². The van der Waals surface area contributed by atoms with Crippen LogP contribution in [0.15, 0.2) is 53.1 Å². The second kappa shape index (κ2) is 6.51. The molecule has 3 aromatic rings. The monoisotopic (exact) mass is 333 g/mol. The molecule has 0 radical (unpaired) electrons. The Bertz CT molecular complexity index is 902. The van der Waals surface area contributed by atoms with Crippen molar-refractivity contribution in [1.82, 2.24) is 10.1 Å². The minimum Gasteiger partial charge on any atom is -0.339 e. The van der Waals surface area contributed by atoms with Crippen molar-refractivity contribution >= 4 is 11.6 Å². The van der Waals surface area contributed by atoms with E-state index in [0.717, 1.165) is 29.8 Å². The molecule has 5 nitrogen and oxygen atoms in total. The van der Waals surface area contributed by atoms with Crippen LogP contribution in [-0.4, -0.2) is 22.6 Å². The van der Waals surface area contributed by atoms with Gasteiger partial charge in [0, 0.05) is 24.2 Å². The summed E-state index contributed by atoms with van der Waals surface area (Å²) < 4.78 is 5.20. The molecular formula is C20H19N3O2. The SMILES string of the molecule is CCc1nc(-c2ccc3c(c2)N(C(=O)Cc2ccccc2)CC3)no1. The number of hydrogen-bond donors (Lipinski definition) is 0. The van der Waals surface area contributed by atoms with E-state index in [1.54, 1.807) is 0 Å². The van der Waals surface area contributed by atoms with E-state index in [0.29, 0.717) is 24.6 Å². The molecule has 25 heavy (non-hydrogen) atoms. The van der Waals surface area contributed by atoms with E-state index in [-0.39, 0.29) is 5.91 Å². The second-order valence-corrected chi connectivity index (χ2v) is 6.17. The Morgan fingerprint density at radius 2 is 2.04 bits per heavy atom. The van der Waals surface area contributed by atoms with Gasteiger partial charge in [0.2, 0.25) is 17.6 Å². The van der Waals surface area contributed by atoms with Gasteiger partial charge in [0.25, 0.3) is 0 Å². The highest BCUT2D eigenvalue weighted by atomic mass is 16.5. The summed E-state index contributed by atoms with van der Waals surface area (Å²) in [7, 11) is 0. The smallest absolute Gasteiger partial charge is 0.231 e. The van der Waals surface area contributed by atoms with Crippen LogP contribution in [0.3, 0.4) is 0 Å². The highest BCUT2D eigenvalue weighted by molar-refractivity contribution is 5.97. The molecule has 1 aromatic heterocycles. The third-order valence-corrected chi connectivity index (χ3v) is 4.51. The maximum atomic E-state index is 12.8. The normalized spacial score (nSPS) is 13.1. The number of amides is 1. The van der Waals surface area contributed by atoms with Crippen molar-refractivity contribution < 1.29 is 9.32 Å². The topological polar surface area (TPSA) is 59.2 Å². The van der Waals surface area contributed by atoms with Gasteiger partial charge in [-0.05, 0) is 23.6 Å². The van der Waals surface area contributed by atoms with Crippen molar-refractivity contribution in [3.05, 3.63) is 65.5 Å². The maximum absolute atomic E-state index is 12.8. The molecule has 0 saturated carbocycles. The molecular weight excluding hydrogens is 314 g/mol. The molecule has 0 N–H and O–H groups in total. The largest absolute Gasteiger partial charge is 0.339 e. The number of carbonyl (C=O) groups is 1. The van der Waals surface area contributed by atoms with E-state index in [1.165, 1.54) is 5.56 Å². The predicted molar refractivity (Wildman–Crippen MR) is 95.3 cm³/mol. The summed E-state index contributed by atoms with van der Waals surface area (Å²) in [6.45, 7) is 2.70. The first kappa shape index (κ1) is 15.6. The lowest BCUT2D eigenvalue weighted by atomic mass is 10.1. The van der Waals surface area contributed by atoms with Gasteiger partial charge in [-0.3, -0.25) is 4.79 Å². The van der Waals surface area contributed by atoms with Crippen LogP contribution >= 0.6 is 0 Å². The third-order valence-electron chi connectivity index (χ3n) is 4.51. The maximum Gasteiger partial charge on any atom is 0.231 e. The highest BCUT2D eigenvalue weighted by Gasteiger charge is 2.25. The number of rotatable bonds is 4. The van der Waals surface area contributed by atoms with Gasteiger partial charge < -0.3 is 9.42 Å². The average Bonchev–Trinajstić information content (AvgIpc) is 3.29. The number of fused-ring (bicyclic) bond motifs is 1. The van der Waals surface area contributed by atoms with E-state index >= 15 is 0 Å². The minimum absolute atomic E-state index is 0.115. The van der Waals surface area contributed by atoms with Crippen LogP contribution in [0.5, 0.6) is 0 Å². The third kappa shape index (κ3) is 3.05. The molecule has 2 aromatic carbocycles. The van der Waals surface area contributed by atoms with Crippen molar-refractivity contribution in [2.75, 3.05) is 11.4 Å². The zero-order valence-corrected chi connectivity index (χ0v) is 14.1. The number of benzene rings is 2. The molecule has 1 aliphatic rings. The first-order valence-electron chi connectivity index (χ1n) is 8.55. The molecule has 0 spiro atoms. The summed E-state index contributed by atoms with van der Waals surface area (Å²) in [5.74, 6) is 1.30. The first-order valence-corrected chi connectivity index (χ1v) is 8.55. The lowest BCUT2D eigenvalue weighted by molar-refractivity contribution is -0.117. The predicted octanol–water partition coefficient (Wildman–Crippen LogP) is 3.43. The van der Waals surface area contributed by atoms with Gasteiger partial charge in [-0.15, -0.1) is 0 Å². The fourth-order valence-corrected chi connectivity index (χ4v) is 3.16. The van der Waals surface area contributed by atoms with Gasteiger partial charge >= 0.3 is 0 Å². The average molecular weight is 333 g/mol. The van der Waals surface area contributed by atoms with Crippen molar-refractivity contribution in [3.63, 3.8) is 0 Å². The van der Waals surface area contributed by atoms with E-state index in [1.807, 2.05) is 54.3 Å². The number of hydrogen-bond acceptors (Lipinski definition) is 4.